The van der Waals surface area contributed by atoms with Gasteiger partial charge in [-0.1, -0.05) is 68.4 Å². The Balaban J connectivity index is 1.86. The summed E-state index contributed by atoms with van der Waals surface area (Å²) >= 11 is 1.23. The van der Waals surface area contributed by atoms with E-state index in [1.807, 2.05) is 51.1 Å². The van der Waals surface area contributed by atoms with Crippen molar-refractivity contribution in [2.24, 2.45) is 0 Å². The lowest BCUT2D eigenvalue weighted by molar-refractivity contribution is -0.127. The van der Waals surface area contributed by atoms with Crippen LogP contribution >= 0.6 is 11.3 Å². The molecule has 0 fully saturated rings. The number of carbonyl (C=O) groups is 3. The van der Waals surface area contributed by atoms with E-state index in [1.165, 1.54) is 18.3 Å². The minimum absolute atomic E-state index is 0.0731. The van der Waals surface area contributed by atoms with Crippen LogP contribution in [0.1, 0.15) is 44.7 Å². The monoisotopic (exact) mass is 487 g/mol. The van der Waals surface area contributed by atoms with Crippen molar-refractivity contribution in [2.75, 3.05) is 11.9 Å². The molecular formula is C23H29N5O5S. The van der Waals surface area contributed by atoms with E-state index < -0.39 is 36.5 Å². The Morgan fingerprint density at radius 3 is 2.47 bits per heavy atom. The molecule has 182 valence electrons. The maximum absolute atomic E-state index is 12.4. The highest BCUT2D eigenvalue weighted by Crippen LogP contribution is 2.27. The van der Waals surface area contributed by atoms with Crippen LogP contribution in [0.2, 0.25) is 0 Å². The van der Waals surface area contributed by atoms with Gasteiger partial charge in [-0.15, -0.1) is 16.1 Å². The summed E-state index contributed by atoms with van der Waals surface area (Å²) in [7, 11) is 0. The molecule has 2 rings (SSSR count). The summed E-state index contributed by atoms with van der Waals surface area (Å²) in [5, 5.41) is 26.8. The molecule has 0 aliphatic heterocycles. The summed E-state index contributed by atoms with van der Waals surface area (Å²) in [4.78, 5) is 36.6. The molecule has 34 heavy (non-hydrogen) atoms. The van der Waals surface area contributed by atoms with Crippen LogP contribution in [0.25, 0.3) is 0 Å². The molecule has 2 unspecified atom stereocenters. The van der Waals surface area contributed by atoms with Crippen LogP contribution in [0.15, 0.2) is 30.3 Å². The van der Waals surface area contributed by atoms with Crippen molar-refractivity contribution < 1.29 is 24.2 Å². The van der Waals surface area contributed by atoms with Crippen molar-refractivity contribution in [3.05, 3.63) is 40.9 Å². The average molecular weight is 488 g/mol. The normalized spacial score (nSPS) is 12.5. The topological polar surface area (TPSA) is 143 Å². The van der Waals surface area contributed by atoms with E-state index in [1.54, 1.807) is 0 Å². The van der Waals surface area contributed by atoms with Crippen LogP contribution in [0.3, 0.4) is 0 Å². The molecule has 2 aromatic rings. The molecule has 2 atom stereocenters. The van der Waals surface area contributed by atoms with Crippen LogP contribution in [-0.4, -0.2) is 51.9 Å². The van der Waals surface area contributed by atoms with Crippen molar-refractivity contribution in [1.82, 2.24) is 20.8 Å². The van der Waals surface area contributed by atoms with Gasteiger partial charge in [0.1, 0.15) is 24.1 Å². The molecule has 0 radical (unpaired) electrons. The van der Waals surface area contributed by atoms with Gasteiger partial charge in [-0.3, -0.25) is 9.59 Å². The van der Waals surface area contributed by atoms with Gasteiger partial charge in [0.25, 0.3) is 0 Å². The third-order valence-corrected chi connectivity index (χ3v) is 5.60. The van der Waals surface area contributed by atoms with Crippen LogP contribution < -0.4 is 16.0 Å². The molecule has 10 nitrogen and oxygen atoms in total. The Labute approximate surface area is 202 Å². The number of hydrogen-bond acceptors (Lipinski definition) is 8. The van der Waals surface area contributed by atoms with E-state index in [-0.39, 0.29) is 18.6 Å². The number of aromatic nitrogens is 2. The van der Waals surface area contributed by atoms with E-state index in [9.17, 15) is 19.5 Å². The fourth-order valence-corrected chi connectivity index (χ4v) is 3.42. The second-order valence-corrected chi connectivity index (χ2v) is 9.32. The van der Waals surface area contributed by atoms with Gasteiger partial charge in [0.05, 0.1) is 6.04 Å². The summed E-state index contributed by atoms with van der Waals surface area (Å²) in [6, 6.07) is 8.18. The molecule has 1 aromatic heterocycles. The highest BCUT2D eigenvalue weighted by molar-refractivity contribution is 7.15. The van der Waals surface area contributed by atoms with Crippen molar-refractivity contribution >= 4 is 34.4 Å². The zero-order chi connectivity index (χ0) is 25.1. The molecule has 0 spiro atoms. The number of nitrogens with zero attached hydrogens (tertiary/aromatic N) is 2. The summed E-state index contributed by atoms with van der Waals surface area (Å²) in [6.45, 7) is 7.38. The Morgan fingerprint density at radius 2 is 1.85 bits per heavy atom. The standard InChI is InChI=1S/C23H29N5O5S/c1-5-9-17(29)16(13-24-22(32)33-14-15-10-7-6-8-11-15)25-18(30)12-19(31)26-21-28-27-20(34-21)23(2,3)4/h6-8,10-11,16-17,29H,12-14H2,1-4H3,(H,24,32)(H,25,30)(H,26,28,31). The molecule has 11 heteroatoms. The number of rotatable bonds is 9. The molecule has 1 aromatic carbocycles. The first-order valence-corrected chi connectivity index (χ1v) is 11.4. The summed E-state index contributed by atoms with van der Waals surface area (Å²) in [6.07, 6.45) is -2.49. The van der Waals surface area contributed by atoms with Crippen LogP contribution in [0.5, 0.6) is 0 Å². The molecular weight excluding hydrogens is 458 g/mol. The number of ether oxygens (including phenoxy) is 1. The Kier molecular flexibility index (Phi) is 9.97. The van der Waals surface area contributed by atoms with Crippen LogP contribution in [-0.2, 0) is 26.3 Å². The first-order chi connectivity index (χ1) is 16.1. The zero-order valence-electron chi connectivity index (χ0n) is 19.5. The van der Waals surface area contributed by atoms with Gasteiger partial charge in [-0.2, -0.15) is 0 Å². The Bertz CT molecular complexity index is 1040. The molecule has 1 heterocycles. The number of hydrogen-bond donors (Lipinski definition) is 4. The van der Waals surface area contributed by atoms with Gasteiger partial charge in [0, 0.05) is 12.0 Å². The fourth-order valence-electron chi connectivity index (χ4n) is 2.60. The second-order valence-electron chi connectivity index (χ2n) is 8.34. The maximum atomic E-state index is 12.4. The first-order valence-electron chi connectivity index (χ1n) is 10.6. The third kappa shape index (κ3) is 9.17. The highest BCUT2D eigenvalue weighted by atomic mass is 32.1. The average Bonchev–Trinajstić information content (AvgIpc) is 3.24. The Morgan fingerprint density at radius 1 is 1.15 bits per heavy atom. The molecule has 0 saturated heterocycles. The predicted molar refractivity (Wildman–Crippen MR) is 128 cm³/mol. The van der Waals surface area contributed by atoms with Crippen LogP contribution in [0.4, 0.5) is 9.93 Å². The van der Waals surface area contributed by atoms with Crippen molar-refractivity contribution in [3.63, 3.8) is 0 Å². The van der Waals surface area contributed by atoms with Gasteiger partial charge < -0.3 is 25.8 Å². The lowest BCUT2D eigenvalue weighted by Crippen LogP contribution is -2.50. The minimum Gasteiger partial charge on any atom is -0.445 e. The van der Waals surface area contributed by atoms with Gasteiger partial charge >= 0.3 is 6.09 Å². The predicted octanol–water partition coefficient (Wildman–Crippen LogP) is 1.96. The van der Waals surface area contributed by atoms with Crippen molar-refractivity contribution in [2.45, 2.75) is 58.3 Å². The van der Waals surface area contributed by atoms with E-state index in [2.05, 4.69) is 38.0 Å². The lowest BCUT2D eigenvalue weighted by Gasteiger charge is -2.21. The fraction of sp³-hybridized carbons (Fsp3) is 0.435. The molecule has 3 amide bonds. The molecule has 0 aliphatic carbocycles. The molecule has 0 aliphatic rings. The SMILES string of the molecule is CC#CC(O)C(CNC(=O)OCc1ccccc1)NC(=O)CC(=O)Nc1nnc(C(C)(C)C)s1. The number of amides is 3. The largest absolute Gasteiger partial charge is 0.445 e. The highest BCUT2D eigenvalue weighted by Gasteiger charge is 2.23. The smallest absolute Gasteiger partial charge is 0.407 e. The summed E-state index contributed by atoms with van der Waals surface area (Å²) in [5.74, 6) is 3.84. The minimum atomic E-state index is -1.26. The quantitative estimate of drug-likeness (QED) is 0.313. The molecule has 4 N–H and O–H groups in total. The van der Waals surface area contributed by atoms with Gasteiger partial charge in [0.15, 0.2) is 0 Å². The van der Waals surface area contributed by atoms with E-state index in [0.29, 0.717) is 5.13 Å². The third-order valence-electron chi connectivity index (χ3n) is 4.33. The second kappa shape index (κ2) is 12.7. The van der Waals surface area contributed by atoms with Crippen molar-refractivity contribution in [3.8, 4) is 11.8 Å². The first kappa shape index (κ1) is 26.8. The van der Waals surface area contributed by atoms with E-state index in [4.69, 9.17) is 4.74 Å². The number of benzene rings is 1. The molecule has 0 bridgehead atoms. The Hall–Kier alpha value is -3.49. The lowest BCUT2D eigenvalue weighted by atomic mass is 9.98. The van der Waals surface area contributed by atoms with Crippen molar-refractivity contribution in [1.29, 1.82) is 0 Å². The number of anilines is 1. The maximum Gasteiger partial charge on any atom is 0.407 e. The number of carbonyl (C=O) groups excluding carboxylic acids is 3. The molecule has 0 saturated carbocycles. The number of nitrogens with one attached hydrogen (secondary N) is 3. The van der Waals surface area contributed by atoms with E-state index >= 15 is 0 Å². The number of alkyl carbamates (subject to hydrolysis) is 1. The summed E-state index contributed by atoms with van der Waals surface area (Å²) in [5.41, 5.74) is 0.604. The van der Waals surface area contributed by atoms with Gasteiger partial charge in [-0.25, -0.2) is 4.79 Å². The zero-order valence-corrected chi connectivity index (χ0v) is 20.4. The summed E-state index contributed by atoms with van der Waals surface area (Å²) < 4.78 is 5.12. The number of aliphatic hydroxyl groups excluding tert-OH is 1. The van der Waals surface area contributed by atoms with Gasteiger partial charge in [-0.05, 0) is 12.5 Å². The number of aliphatic hydroxyl groups is 1. The van der Waals surface area contributed by atoms with Crippen LogP contribution in [0, 0.1) is 11.8 Å². The van der Waals surface area contributed by atoms with Gasteiger partial charge in [0.2, 0.25) is 16.9 Å². The van der Waals surface area contributed by atoms with E-state index in [0.717, 1.165) is 10.6 Å².